The predicted molar refractivity (Wildman–Crippen MR) is 47.2 cm³/mol. The molecule has 0 spiro atoms. The highest BCUT2D eigenvalue weighted by Gasteiger charge is 2.15. The van der Waals surface area contributed by atoms with Crippen LogP contribution in [-0.2, 0) is 0 Å². The average Bonchev–Trinajstić information content (AvgIpc) is 2.05. The van der Waals surface area contributed by atoms with E-state index in [-0.39, 0.29) is 0 Å². The van der Waals surface area contributed by atoms with Gasteiger partial charge in [-0.3, -0.25) is 0 Å². The number of hydrogen-bond acceptors (Lipinski definition) is 1. The zero-order chi connectivity index (χ0) is 6.81. The minimum Gasteiger partial charge on any atom is -0.131 e. The summed E-state index contributed by atoms with van der Waals surface area (Å²) < 4.78 is 0. The van der Waals surface area contributed by atoms with Crippen molar-refractivity contribution in [3.63, 3.8) is 0 Å². The van der Waals surface area contributed by atoms with Gasteiger partial charge < -0.3 is 0 Å². The maximum Gasteiger partial charge on any atom is -0.00202 e. The second kappa shape index (κ2) is 3.00. The molecule has 0 N–H and O–H groups in total. The van der Waals surface area contributed by atoms with Gasteiger partial charge in [-0.25, -0.2) is 0 Å². The van der Waals surface area contributed by atoms with Crippen LogP contribution in [0.2, 0.25) is 0 Å². The van der Waals surface area contributed by atoms with E-state index >= 15 is 0 Å². The van der Waals surface area contributed by atoms with Gasteiger partial charge in [0.25, 0.3) is 0 Å². The normalized spacial score (nSPS) is 26.4. The SMILES string of the molecule is C1CCC2=C(C1)CCCS2. The van der Waals surface area contributed by atoms with E-state index in [1.807, 2.05) is 5.57 Å². The van der Waals surface area contributed by atoms with Crippen LogP contribution in [0.5, 0.6) is 0 Å². The number of hydrogen-bond donors (Lipinski definition) is 0. The van der Waals surface area contributed by atoms with Gasteiger partial charge in [-0.15, -0.1) is 11.8 Å². The topological polar surface area (TPSA) is 0 Å². The second-order valence-corrected chi connectivity index (χ2v) is 4.38. The lowest BCUT2D eigenvalue weighted by Crippen LogP contribution is -2.03. The first kappa shape index (κ1) is 6.78. The largest absolute Gasteiger partial charge is 0.131 e. The zero-order valence-corrected chi connectivity index (χ0v) is 7.17. The summed E-state index contributed by atoms with van der Waals surface area (Å²) in [6, 6.07) is 0. The molecule has 1 aliphatic heterocycles. The lowest BCUT2D eigenvalue weighted by atomic mass is 9.96. The Labute approximate surface area is 67.1 Å². The molecular weight excluding hydrogens is 140 g/mol. The van der Waals surface area contributed by atoms with Crippen molar-refractivity contribution in [2.75, 3.05) is 5.75 Å². The molecule has 0 aromatic carbocycles. The minimum absolute atomic E-state index is 1.39. The standard InChI is InChI=1S/C9H14S/c1-2-6-9-8(4-1)5-3-7-10-9/h1-7H2. The first-order valence-corrected chi connectivity index (χ1v) is 5.29. The maximum absolute atomic E-state index is 2.13. The molecular formula is C9H14S. The van der Waals surface area contributed by atoms with Gasteiger partial charge in [-0.1, -0.05) is 5.57 Å². The summed E-state index contributed by atoms with van der Waals surface area (Å²) in [5.74, 6) is 1.39. The summed E-state index contributed by atoms with van der Waals surface area (Å²) in [7, 11) is 0. The lowest BCUT2D eigenvalue weighted by Gasteiger charge is -2.23. The van der Waals surface area contributed by atoms with Crippen LogP contribution in [0.4, 0.5) is 0 Å². The van der Waals surface area contributed by atoms with E-state index in [1.165, 1.54) is 44.3 Å². The molecule has 0 aromatic heterocycles. The Morgan fingerprint density at radius 3 is 2.60 bits per heavy atom. The van der Waals surface area contributed by atoms with E-state index in [0.29, 0.717) is 0 Å². The third kappa shape index (κ3) is 1.24. The van der Waals surface area contributed by atoms with Crippen molar-refractivity contribution >= 4 is 11.8 Å². The van der Waals surface area contributed by atoms with Crippen LogP contribution in [0.25, 0.3) is 0 Å². The van der Waals surface area contributed by atoms with Crippen LogP contribution in [0.1, 0.15) is 38.5 Å². The molecule has 2 rings (SSSR count). The first-order chi connectivity index (χ1) is 4.97. The maximum atomic E-state index is 2.13. The molecule has 0 bridgehead atoms. The summed E-state index contributed by atoms with van der Waals surface area (Å²) >= 11 is 2.13. The summed E-state index contributed by atoms with van der Waals surface area (Å²) in [4.78, 5) is 1.76. The molecule has 0 atom stereocenters. The number of allylic oxidation sites excluding steroid dienone is 2. The Hall–Kier alpha value is 0.0900. The first-order valence-electron chi connectivity index (χ1n) is 4.30. The van der Waals surface area contributed by atoms with Gasteiger partial charge in [0.2, 0.25) is 0 Å². The molecule has 2 aliphatic rings. The van der Waals surface area contributed by atoms with E-state index in [0.717, 1.165) is 0 Å². The molecule has 0 saturated carbocycles. The summed E-state index contributed by atoms with van der Waals surface area (Å²) in [6.07, 6.45) is 8.58. The van der Waals surface area contributed by atoms with Crippen molar-refractivity contribution in [2.45, 2.75) is 38.5 Å². The highest BCUT2D eigenvalue weighted by Crippen LogP contribution is 2.38. The molecule has 1 aliphatic carbocycles. The van der Waals surface area contributed by atoms with Crippen LogP contribution in [-0.4, -0.2) is 5.75 Å². The van der Waals surface area contributed by atoms with Crippen molar-refractivity contribution in [1.82, 2.24) is 0 Å². The van der Waals surface area contributed by atoms with Gasteiger partial charge in [0, 0.05) is 0 Å². The lowest BCUT2D eigenvalue weighted by molar-refractivity contribution is 0.658. The monoisotopic (exact) mass is 154 g/mol. The highest BCUT2D eigenvalue weighted by atomic mass is 32.2. The predicted octanol–water partition coefficient (Wildman–Crippen LogP) is 3.34. The van der Waals surface area contributed by atoms with Gasteiger partial charge in [0.1, 0.15) is 0 Å². The van der Waals surface area contributed by atoms with Gasteiger partial charge in [-0.2, -0.15) is 0 Å². The van der Waals surface area contributed by atoms with E-state index in [4.69, 9.17) is 0 Å². The van der Waals surface area contributed by atoms with Crippen LogP contribution >= 0.6 is 11.8 Å². The van der Waals surface area contributed by atoms with Crippen LogP contribution < -0.4 is 0 Å². The third-order valence-corrected chi connectivity index (χ3v) is 3.76. The molecule has 0 radical (unpaired) electrons. The quantitative estimate of drug-likeness (QED) is 0.515. The molecule has 56 valence electrons. The van der Waals surface area contributed by atoms with Crippen LogP contribution in [0.3, 0.4) is 0 Å². The van der Waals surface area contributed by atoms with Crippen LogP contribution in [0, 0.1) is 0 Å². The Kier molecular flexibility index (Phi) is 2.03. The van der Waals surface area contributed by atoms with Gasteiger partial charge in [0.05, 0.1) is 0 Å². The molecule has 1 heteroatoms. The van der Waals surface area contributed by atoms with Crippen molar-refractivity contribution < 1.29 is 0 Å². The third-order valence-electron chi connectivity index (χ3n) is 2.43. The van der Waals surface area contributed by atoms with Crippen molar-refractivity contribution in [3.8, 4) is 0 Å². The van der Waals surface area contributed by atoms with E-state index in [1.54, 1.807) is 4.91 Å². The number of thioether (sulfide) groups is 1. The smallest absolute Gasteiger partial charge is 0.00202 e. The minimum atomic E-state index is 1.39. The molecule has 0 nitrogen and oxygen atoms in total. The van der Waals surface area contributed by atoms with Gasteiger partial charge in [-0.05, 0) is 49.2 Å². The highest BCUT2D eigenvalue weighted by molar-refractivity contribution is 8.03. The van der Waals surface area contributed by atoms with E-state index in [9.17, 15) is 0 Å². The molecule has 0 fully saturated rings. The summed E-state index contributed by atoms with van der Waals surface area (Å²) in [5, 5.41) is 0. The summed E-state index contributed by atoms with van der Waals surface area (Å²) in [5.41, 5.74) is 1.81. The van der Waals surface area contributed by atoms with Crippen molar-refractivity contribution in [3.05, 3.63) is 10.5 Å². The van der Waals surface area contributed by atoms with E-state index < -0.39 is 0 Å². The van der Waals surface area contributed by atoms with Crippen molar-refractivity contribution in [2.24, 2.45) is 0 Å². The van der Waals surface area contributed by atoms with Crippen molar-refractivity contribution in [1.29, 1.82) is 0 Å². The molecule has 0 unspecified atom stereocenters. The number of rotatable bonds is 0. The molecule has 10 heavy (non-hydrogen) atoms. The fourth-order valence-corrected chi connectivity index (χ4v) is 3.09. The molecule has 1 heterocycles. The van der Waals surface area contributed by atoms with E-state index in [2.05, 4.69) is 11.8 Å². The molecule has 0 aromatic rings. The Morgan fingerprint density at radius 2 is 1.70 bits per heavy atom. The second-order valence-electron chi connectivity index (χ2n) is 3.19. The van der Waals surface area contributed by atoms with Gasteiger partial charge in [0.15, 0.2) is 0 Å². The Bertz CT molecular complexity index is 124. The molecule has 0 saturated heterocycles. The fraction of sp³-hybridized carbons (Fsp3) is 0.778. The Morgan fingerprint density at radius 1 is 0.900 bits per heavy atom. The average molecular weight is 154 g/mol. The fourth-order valence-electron chi connectivity index (χ4n) is 1.86. The summed E-state index contributed by atoms with van der Waals surface area (Å²) in [6.45, 7) is 0. The molecule has 0 amide bonds. The Balaban J connectivity index is 2.14. The zero-order valence-electron chi connectivity index (χ0n) is 6.36. The van der Waals surface area contributed by atoms with Crippen LogP contribution in [0.15, 0.2) is 10.5 Å². The van der Waals surface area contributed by atoms with Gasteiger partial charge >= 0.3 is 0 Å².